The molecule has 1 aromatic rings. The van der Waals surface area contributed by atoms with Crippen LogP contribution < -0.4 is 5.32 Å². The van der Waals surface area contributed by atoms with Crippen molar-refractivity contribution in [1.29, 1.82) is 0 Å². The third-order valence-electron chi connectivity index (χ3n) is 7.91. The zero-order chi connectivity index (χ0) is 19.0. The fourth-order valence-corrected chi connectivity index (χ4v) is 7.01. The summed E-state index contributed by atoms with van der Waals surface area (Å²) < 4.78 is 5.33. The number of hydrogen-bond acceptors (Lipinski definition) is 6. The maximum atomic E-state index is 13.4. The van der Waals surface area contributed by atoms with E-state index in [1.54, 1.807) is 0 Å². The lowest BCUT2D eigenvalue weighted by molar-refractivity contribution is -0.184. The van der Waals surface area contributed by atoms with Crippen molar-refractivity contribution in [2.75, 3.05) is 32.1 Å². The summed E-state index contributed by atoms with van der Waals surface area (Å²) in [5, 5.41) is 25.9. The summed E-state index contributed by atoms with van der Waals surface area (Å²) in [7, 11) is 1.40. The highest BCUT2D eigenvalue weighted by Gasteiger charge is 2.82. The van der Waals surface area contributed by atoms with Crippen molar-refractivity contribution in [2.45, 2.75) is 36.9 Å². The van der Waals surface area contributed by atoms with Gasteiger partial charge in [0, 0.05) is 24.7 Å². The Morgan fingerprint density at radius 1 is 1.44 bits per heavy atom. The van der Waals surface area contributed by atoms with Gasteiger partial charge < -0.3 is 20.3 Å². The van der Waals surface area contributed by atoms with Crippen LogP contribution in [0.3, 0.4) is 0 Å². The molecule has 4 bridgehead atoms. The molecule has 1 spiro atoms. The van der Waals surface area contributed by atoms with Gasteiger partial charge in [0.15, 0.2) is 0 Å². The lowest BCUT2D eigenvalue weighted by Crippen LogP contribution is -2.75. The van der Waals surface area contributed by atoms with E-state index in [0.29, 0.717) is 19.4 Å². The van der Waals surface area contributed by atoms with Gasteiger partial charge in [-0.15, -0.1) is 0 Å². The van der Waals surface area contributed by atoms with Crippen LogP contribution >= 0.6 is 0 Å². The predicted molar refractivity (Wildman–Crippen MR) is 100 cm³/mol. The van der Waals surface area contributed by atoms with Crippen LogP contribution in [0.25, 0.3) is 0 Å². The molecule has 144 valence electrons. The molecular formula is C21H26N2O4. The molecule has 6 nitrogen and oxygen atoms in total. The van der Waals surface area contributed by atoms with Gasteiger partial charge in [0.25, 0.3) is 0 Å². The largest absolute Gasteiger partial charge is 0.468 e. The zero-order valence-corrected chi connectivity index (χ0v) is 15.7. The number of hydrogen-bond donors (Lipinski definition) is 3. The van der Waals surface area contributed by atoms with Crippen molar-refractivity contribution in [3.05, 3.63) is 41.5 Å². The molecule has 0 radical (unpaired) electrons. The first-order valence-corrected chi connectivity index (χ1v) is 9.68. The number of ether oxygens (including phenoxy) is 1. The van der Waals surface area contributed by atoms with Crippen LogP contribution in [0.2, 0.25) is 0 Å². The number of carbonyl (C=O) groups is 1. The summed E-state index contributed by atoms with van der Waals surface area (Å²) in [5.74, 6) is -0.644. The van der Waals surface area contributed by atoms with Gasteiger partial charge >= 0.3 is 5.97 Å². The highest BCUT2D eigenvalue weighted by Crippen LogP contribution is 2.72. The van der Waals surface area contributed by atoms with Gasteiger partial charge in [-0.3, -0.25) is 9.69 Å². The van der Waals surface area contributed by atoms with Crippen molar-refractivity contribution in [3.8, 4) is 0 Å². The number of allylic oxidation sites excluding steroid dienone is 1. The van der Waals surface area contributed by atoms with Gasteiger partial charge in [0.2, 0.25) is 0 Å². The Morgan fingerprint density at radius 2 is 2.22 bits per heavy atom. The number of aliphatic hydroxyl groups excluding tert-OH is 2. The van der Waals surface area contributed by atoms with Crippen molar-refractivity contribution >= 4 is 11.7 Å². The second kappa shape index (κ2) is 5.34. The first-order chi connectivity index (χ1) is 13.0. The molecule has 4 fully saturated rings. The Balaban J connectivity index is 1.93. The molecule has 6 rings (SSSR count). The molecule has 0 amide bonds. The number of rotatable bonds is 2. The van der Waals surface area contributed by atoms with Gasteiger partial charge in [0.05, 0.1) is 25.2 Å². The molecule has 5 aliphatic rings. The second-order valence-electron chi connectivity index (χ2n) is 8.30. The molecule has 3 saturated heterocycles. The number of benzene rings is 1. The fraction of sp³-hybridized carbons (Fsp3) is 0.571. The van der Waals surface area contributed by atoms with Gasteiger partial charge in [-0.1, -0.05) is 29.8 Å². The number of methoxy groups -OCH3 is 1. The normalized spacial score (nSPS) is 45.2. The number of esters is 1. The Morgan fingerprint density at radius 3 is 2.93 bits per heavy atom. The van der Waals surface area contributed by atoms with Gasteiger partial charge in [-0.25, -0.2) is 0 Å². The number of aliphatic hydroxyl groups is 2. The average Bonchev–Trinajstić information content (AvgIpc) is 3.11. The molecular weight excluding hydrogens is 344 g/mol. The second-order valence-corrected chi connectivity index (χ2v) is 8.30. The van der Waals surface area contributed by atoms with Crippen LogP contribution in [0, 0.1) is 11.3 Å². The topological polar surface area (TPSA) is 82.0 Å². The minimum atomic E-state index is -1.13. The Labute approximate surface area is 158 Å². The number of carbonyl (C=O) groups excluding carboxylic acids is 1. The number of fused-ring (bicyclic) bond motifs is 3. The van der Waals surface area contributed by atoms with E-state index in [1.165, 1.54) is 7.11 Å². The molecule has 3 N–H and O–H groups in total. The number of nitrogens with one attached hydrogen (secondary N) is 1. The maximum absolute atomic E-state index is 13.4. The van der Waals surface area contributed by atoms with E-state index in [9.17, 15) is 15.0 Å². The summed E-state index contributed by atoms with van der Waals surface area (Å²) in [6, 6.07) is 7.97. The van der Waals surface area contributed by atoms with Crippen LogP contribution in [0.1, 0.15) is 25.3 Å². The van der Waals surface area contributed by atoms with Crippen LogP contribution in [-0.2, 0) is 14.9 Å². The summed E-state index contributed by atoms with van der Waals surface area (Å²) in [6.45, 7) is 3.10. The summed E-state index contributed by atoms with van der Waals surface area (Å²) in [6.07, 6.45) is 2.51. The standard InChI is InChI=1S/C21H26N2O4/c1-3-13-11-23-9-8-20-14-6-4-5-7-16(14)22-21(20,23)17(25)10-15(13)19(20,12-24)18(26)27-2/h3-7,15,17,22,24-25H,8-12H2,1-2H3/b13-3-/t15-,17-,19-,20-,21-/m0/s1. The molecule has 27 heavy (non-hydrogen) atoms. The third kappa shape index (κ3) is 1.55. The average molecular weight is 370 g/mol. The van der Waals surface area contributed by atoms with Crippen molar-refractivity contribution in [1.82, 2.24) is 4.90 Å². The number of nitrogens with zero attached hydrogens (tertiary/aromatic N) is 1. The first kappa shape index (κ1) is 17.2. The molecule has 4 aliphatic heterocycles. The fourth-order valence-electron chi connectivity index (χ4n) is 7.01. The lowest BCUT2D eigenvalue weighted by Gasteiger charge is -2.59. The molecule has 6 heteroatoms. The molecule has 1 saturated carbocycles. The Kier molecular flexibility index (Phi) is 3.41. The number of para-hydroxylation sites is 1. The van der Waals surface area contributed by atoms with Crippen molar-refractivity contribution in [2.24, 2.45) is 11.3 Å². The van der Waals surface area contributed by atoms with Crippen LogP contribution in [0.5, 0.6) is 0 Å². The highest BCUT2D eigenvalue weighted by molar-refractivity contribution is 5.85. The minimum Gasteiger partial charge on any atom is -0.468 e. The lowest BCUT2D eigenvalue weighted by atomic mass is 9.45. The van der Waals surface area contributed by atoms with Crippen molar-refractivity contribution in [3.63, 3.8) is 0 Å². The van der Waals surface area contributed by atoms with Crippen LogP contribution in [0.4, 0.5) is 5.69 Å². The summed E-state index contributed by atoms with van der Waals surface area (Å²) in [5.41, 5.74) is 0.354. The maximum Gasteiger partial charge on any atom is 0.315 e. The van der Waals surface area contributed by atoms with Crippen LogP contribution in [-0.4, -0.2) is 59.7 Å². The van der Waals surface area contributed by atoms with E-state index >= 15 is 0 Å². The molecule has 1 unspecified atom stereocenters. The Bertz CT molecular complexity index is 854. The van der Waals surface area contributed by atoms with E-state index in [1.807, 2.05) is 37.3 Å². The quantitative estimate of drug-likeness (QED) is 0.537. The molecule has 0 aromatic heterocycles. The Hall–Kier alpha value is -1.89. The van der Waals surface area contributed by atoms with E-state index in [4.69, 9.17) is 4.74 Å². The van der Waals surface area contributed by atoms with Gasteiger partial charge in [-0.05, 0) is 31.4 Å². The van der Waals surface area contributed by atoms with E-state index in [-0.39, 0.29) is 18.5 Å². The summed E-state index contributed by atoms with van der Waals surface area (Å²) >= 11 is 0. The highest BCUT2D eigenvalue weighted by atomic mass is 16.5. The monoisotopic (exact) mass is 370 g/mol. The number of anilines is 1. The van der Waals surface area contributed by atoms with E-state index in [0.717, 1.165) is 23.4 Å². The minimum absolute atomic E-state index is 0.263. The van der Waals surface area contributed by atoms with Crippen LogP contribution in [0.15, 0.2) is 35.9 Å². The van der Waals surface area contributed by atoms with E-state index < -0.39 is 22.6 Å². The smallest absolute Gasteiger partial charge is 0.315 e. The zero-order valence-electron chi connectivity index (χ0n) is 15.7. The van der Waals surface area contributed by atoms with Gasteiger partial charge in [0.1, 0.15) is 11.1 Å². The SMILES string of the molecule is C/C=C1/CN2CC[C@@]34c5ccccc5N[C@@]23[C@@H](O)C[C@@H]1[C@@]4(CO)C(=O)OC. The predicted octanol–water partition coefficient (Wildman–Crippen LogP) is 1.24. The van der Waals surface area contributed by atoms with Crippen molar-refractivity contribution < 1.29 is 19.7 Å². The van der Waals surface area contributed by atoms with E-state index in [2.05, 4.69) is 10.2 Å². The molecule has 6 atom stereocenters. The first-order valence-electron chi connectivity index (χ1n) is 9.68. The van der Waals surface area contributed by atoms with Gasteiger partial charge in [-0.2, -0.15) is 0 Å². The summed E-state index contributed by atoms with van der Waals surface area (Å²) in [4.78, 5) is 15.7. The molecule has 4 heterocycles. The molecule has 1 aromatic carbocycles. The third-order valence-corrected chi connectivity index (χ3v) is 7.91. The molecule has 1 aliphatic carbocycles.